The summed E-state index contributed by atoms with van der Waals surface area (Å²) in [5, 5.41) is 21.6. The van der Waals surface area contributed by atoms with Gasteiger partial charge in [-0.25, -0.2) is 0 Å². The van der Waals surface area contributed by atoms with Crippen LogP contribution in [0.15, 0.2) is 12.2 Å². The van der Waals surface area contributed by atoms with Gasteiger partial charge in [0.25, 0.3) is 0 Å². The number of hydrogen-bond donors (Lipinski definition) is 2. The molecule has 3 aliphatic rings. The Labute approximate surface area is 113 Å². The van der Waals surface area contributed by atoms with Crippen LogP contribution in [0, 0.1) is 17.3 Å². The molecule has 2 aliphatic carbocycles. The van der Waals surface area contributed by atoms with E-state index >= 15 is 0 Å². The molecule has 0 unspecified atom stereocenters. The van der Waals surface area contributed by atoms with Crippen molar-refractivity contribution >= 4 is 5.97 Å². The van der Waals surface area contributed by atoms with Crippen molar-refractivity contribution in [3.8, 4) is 0 Å². The van der Waals surface area contributed by atoms with Gasteiger partial charge in [-0.15, -0.1) is 0 Å². The minimum Gasteiger partial charge on any atom is -0.458 e. The summed E-state index contributed by atoms with van der Waals surface area (Å²) < 4.78 is 5.47. The van der Waals surface area contributed by atoms with Crippen LogP contribution in [0.3, 0.4) is 0 Å². The quantitative estimate of drug-likeness (QED) is 0.514. The highest BCUT2D eigenvalue weighted by Crippen LogP contribution is 2.59. The maximum atomic E-state index is 11.8. The van der Waals surface area contributed by atoms with E-state index < -0.39 is 23.2 Å². The van der Waals surface area contributed by atoms with Gasteiger partial charge in [0.1, 0.15) is 11.7 Å². The molecule has 0 aromatic heterocycles. The lowest BCUT2D eigenvalue weighted by Gasteiger charge is -2.58. The van der Waals surface area contributed by atoms with Crippen LogP contribution in [0.1, 0.15) is 39.5 Å². The second-order valence-electron chi connectivity index (χ2n) is 6.69. The number of esters is 1. The Bertz CT molecular complexity index is 445. The molecule has 4 heteroatoms. The molecule has 6 atom stereocenters. The van der Waals surface area contributed by atoms with Crippen molar-refractivity contribution in [3.05, 3.63) is 12.2 Å². The van der Waals surface area contributed by atoms with E-state index in [1.54, 1.807) is 0 Å². The maximum absolute atomic E-state index is 11.8. The highest BCUT2D eigenvalue weighted by atomic mass is 16.6. The number of carbonyl (C=O) groups is 1. The van der Waals surface area contributed by atoms with Crippen molar-refractivity contribution in [2.24, 2.45) is 17.3 Å². The number of hydrogen-bond acceptors (Lipinski definition) is 4. The van der Waals surface area contributed by atoms with Gasteiger partial charge in [-0.2, -0.15) is 0 Å². The van der Waals surface area contributed by atoms with Crippen LogP contribution >= 0.6 is 0 Å². The topological polar surface area (TPSA) is 66.8 Å². The number of aliphatic hydroxyl groups excluding tert-OH is 1. The van der Waals surface area contributed by atoms with Crippen molar-refractivity contribution in [3.63, 3.8) is 0 Å². The van der Waals surface area contributed by atoms with E-state index in [0.717, 1.165) is 6.42 Å². The molecule has 2 N–H and O–H groups in total. The number of fused-ring (bicyclic) bond motifs is 3. The van der Waals surface area contributed by atoms with Crippen LogP contribution in [0.2, 0.25) is 0 Å². The summed E-state index contributed by atoms with van der Waals surface area (Å²) in [7, 11) is 0. The molecule has 1 saturated heterocycles. The van der Waals surface area contributed by atoms with Gasteiger partial charge in [0.15, 0.2) is 0 Å². The maximum Gasteiger partial charge on any atom is 0.309 e. The summed E-state index contributed by atoms with van der Waals surface area (Å²) in [6.07, 6.45) is 1.60. The standard InChI is InChI=1S/C15H22O4/c1-8-4-5-11(16)14(3)7-6-10-9(2)13(17)19-12(10)15(8,14)18/h9-12,16,18H,1,4-7H2,2-3H3/t9-,10-,11+,12+,14-,15-/m0/s1. The average Bonchev–Trinajstić information content (AvgIpc) is 2.66. The molecule has 19 heavy (non-hydrogen) atoms. The molecule has 0 aromatic carbocycles. The third kappa shape index (κ3) is 1.39. The van der Waals surface area contributed by atoms with Crippen LogP contribution in [0.25, 0.3) is 0 Å². The van der Waals surface area contributed by atoms with Crippen LogP contribution in [0.4, 0.5) is 0 Å². The Balaban J connectivity index is 2.08. The molecule has 1 heterocycles. The summed E-state index contributed by atoms with van der Waals surface area (Å²) in [5.41, 5.74) is -1.24. The van der Waals surface area contributed by atoms with Gasteiger partial charge < -0.3 is 14.9 Å². The lowest BCUT2D eigenvalue weighted by molar-refractivity contribution is -0.216. The van der Waals surface area contributed by atoms with E-state index in [2.05, 4.69) is 6.58 Å². The van der Waals surface area contributed by atoms with E-state index in [1.165, 1.54) is 0 Å². The SMILES string of the molecule is C=C1CC[C@@H](O)[C@]2(C)CC[C@H]3[C@H](C)C(=O)O[C@H]3[C@@]12O. The van der Waals surface area contributed by atoms with Crippen LogP contribution < -0.4 is 0 Å². The Kier molecular flexibility index (Phi) is 2.64. The van der Waals surface area contributed by atoms with Gasteiger partial charge in [0.05, 0.1) is 12.0 Å². The van der Waals surface area contributed by atoms with Crippen molar-refractivity contribution in [2.75, 3.05) is 0 Å². The van der Waals surface area contributed by atoms with E-state index in [-0.39, 0.29) is 17.8 Å². The molecule has 0 aromatic rings. The number of ether oxygens (including phenoxy) is 1. The monoisotopic (exact) mass is 266 g/mol. The lowest BCUT2D eigenvalue weighted by Crippen LogP contribution is -2.67. The van der Waals surface area contributed by atoms with E-state index in [1.807, 2.05) is 13.8 Å². The molecule has 0 radical (unpaired) electrons. The molecule has 0 bridgehead atoms. The number of carbonyl (C=O) groups excluding carboxylic acids is 1. The summed E-state index contributed by atoms with van der Waals surface area (Å²) in [6.45, 7) is 7.77. The van der Waals surface area contributed by atoms with Crippen molar-refractivity contribution in [1.82, 2.24) is 0 Å². The highest BCUT2D eigenvalue weighted by Gasteiger charge is 2.67. The predicted octanol–water partition coefficient (Wildman–Crippen LogP) is 1.41. The van der Waals surface area contributed by atoms with E-state index in [4.69, 9.17) is 4.74 Å². The largest absolute Gasteiger partial charge is 0.458 e. The van der Waals surface area contributed by atoms with Gasteiger partial charge in [0.2, 0.25) is 0 Å². The molecule has 106 valence electrons. The predicted molar refractivity (Wildman–Crippen MR) is 69.2 cm³/mol. The average molecular weight is 266 g/mol. The van der Waals surface area contributed by atoms with E-state index in [0.29, 0.717) is 24.8 Å². The lowest BCUT2D eigenvalue weighted by atomic mass is 9.51. The van der Waals surface area contributed by atoms with Crippen LogP contribution in [-0.4, -0.2) is 34.0 Å². The smallest absolute Gasteiger partial charge is 0.309 e. The highest BCUT2D eigenvalue weighted by molar-refractivity contribution is 5.75. The van der Waals surface area contributed by atoms with Gasteiger partial charge >= 0.3 is 5.97 Å². The van der Waals surface area contributed by atoms with Crippen LogP contribution in [-0.2, 0) is 9.53 Å². The molecular formula is C15H22O4. The summed E-state index contributed by atoms with van der Waals surface area (Å²) in [6, 6.07) is 0. The first-order valence-corrected chi connectivity index (χ1v) is 7.11. The van der Waals surface area contributed by atoms with Gasteiger partial charge in [-0.05, 0) is 31.3 Å². The minimum atomic E-state index is -1.28. The summed E-state index contributed by atoms with van der Waals surface area (Å²) >= 11 is 0. The molecular weight excluding hydrogens is 244 g/mol. The molecule has 0 amide bonds. The van der Waals surface area contributed by atoms with Crippen molar-refractivity contribution in [2.45, 2.75) is 57.3 Å². The summed E-state index contributed by atoms with van der Waals surface area (Å²) in [4.78, 5) is 11.8. The van der Waals surface area contributed by atoms with Crippen LogP contribution in [0.5, 0.6) is 0 Å². The fourth-order valence-electron chi connectivity index (χ4n) is 4.38. The zero-order valence-electron chi connectivity index (χ0n) is 11.6. The Hall–Kier alpha value is -0.870. The van der Waals surface area contributed by atoms with Gasteiger partial charge in [-0.1, -0.05) is 20.4 Å². The first-order chi connectivity index (χ1) is 8.82. The van der Waals surface area contributed by atoms with Crippen molar-refractivity contribution < 1.29 is 19.7 Å². The third-order valence-corrected chi connectivity index (χ3v) is 5.92. The fraction of sp³-hybridized carbons (Fsp3) is 0.800. The Morgan fingerprint density at radius 3 is 2.79 bits per heavy atom. The third-order valence-electron chi connectivity index (χ3n) is 5.92. The van der Waals surface area contributed by atoms with Gasteiger partial charge in [-0.3, -0.25) is 4.79 Å². The Morgan fingerprint density at radius 2 is 2.11 bits per heavy atom. The first kappa shape index (κ1) is 13.1. The molecule has 3 fully saturated rings. The zero-order chi connectivity index (χ0) is 14.0. The molecule has 3 rings (SSSR count). The van der Waals surface area contributed by atoms with Crippen molar-refractivity contribution in [1.29, 1.82) is 0 Å². The fourth-order valence-corrected chi connectivity index (χ4v) is 4.38. The second kappa shape index (κ2) is 3.83. The minimum absolute atomic E-state index is 0.0348. The normalized spacial score (nSPS) is 53.5. The van der Waals surface area contributed by atoms with Gasteiger partial charge in [0, 0.05) is 11.3 Å². The van der Waals surface area contributed by atoms with E-state index in [9.17, 15) is 15.0 Å². The molecule has 0 spiro atoms. The second-order valence-corrected chi connectivity index (χ2v) is 6.69. The molecule has 2 saturated carbocycles. The Morgan fingerprint density at radius 1 is 1.42 bits per heavy atom. The zero-order valence-corrected chi connectivity index (χ0v) is 11.6. The molecule has 4 nitrogen and oxygen atoms in total. The number of rotatable bonds is 0. The summed E-state index contributed by atoms with van der Waals surface area (Å²) in [5.74, 6) is -0.376. The first-order valence-electron chi connectivity index (χ1n) is 7.11. The molecule has 1 aliphatic heterocycles. The number of aliphatic hydroxyl groups is 2.